The van der Waals surface area contributed by atoms with Crippen molar-refractivity contribution >= 4 is 6.03 Å². The minimum atomic E-state index is 0.0158. The van der Waals surface area contributed by atoms with E-state index in [0.29, 0.717) is 6.54 Å². The van der Waals surface area contributed by atoms with E-state index in [2.05, 4.69) is 22.3 Å². The first-order valence-corrected chi connectivity index (χ1v) is 7.61. The number of nitrogens with one attached hydrogen (secondary N) is 1. The topological polar surface area (TPSA) is 55.8 Å². The number of benzene rings is 1. The number of β-amino-alcohol motifs (C(OH)–C–C–N with tert-alkyl or cyclic N) is 1. The number of nitrogens with zero attached hydrogens (tertiary/aromatic N) is 2. The van der Waals surface area contributed by atoms with E-state index in [1.807, 2.05) is 30.0 Å². The van der Waals surface area contributed by atoms with Crippen molar-refractivity contribution in [2.75, 3.05) is 39.3 Å². The summed E-state index contributed by atoms with van der Waals surface area (Å²) in [5.74, 6) is 0. The summed E-state index contributed by atoms with van der Waals surface area (Å²) >= 11 is 0. The van der Waals surface area contributed by atoms with E-state index in [1.165, 1.54) is 5.56 Å². The number of piperazine rings is 1. The number of carbonyl (C=O) groups is 1. The molecule has 0 spiro atoms. The maximum atomic E-state index is 12.2. The van der Waals surface area contributed by atoms with E-state index in [4.69, 9.17) is 5.11 Å². The van der Waals surface area contributed by atoms with E-state index in [9.17, 15) is 4.79 Å². The van der Waals surface area contributed by atoms with Gasteiger partial charge in [0.05, 0.1) is 6.61 Å². The quantitative estimate of drug-likeness (QED) is 0.849. The van der Waals surface area contributed by atoms with E-state index in [0.717, 1.165) is 32.6 Å². The van der Waals surface area contributed by atoms with Gasteiger partial charge in [-0.2, -0.15) is 0 Å². The molecular formula is C16H25N3O2. The maximum Gasteiger partial charge on any atom is 0.317 e. The van der Waals surface area contributed by atoms with Crippen LogP contribution in [-0.2, 0) is 6.42 Å². The van der Waals surface area contributed by atoms with Crippen LogP contribution >= 0.6 is 0 Å². The van der Waals surface area contributed by atoms with Gasteiger partial charge in [0, 0.05) is 38.8 Å². The number of urea groups is 1. The van der Waals surface area contributed by atoms with E-state index in [1.54, 1.807) is 0 Å². The number of hydrogen-bond acceptors (Lipinski definition) is 3. The first-order valence-electron chi connectivity index (χ1n) is 7.61. The molecule has 21 heavy (non-hydrogen) atoms. The summed E-state index contributed by atoms with van der Waals surface area (Å²) in [5, 5.41) is 12.0. The molecule has 0 unspecified atom stereocenters. The Morgan fingerprint density at radius 2 is 1.90 bits per heavy atom. The zero-order valence-electron chi connectivity index (χ0n) is 12.7. The summed E-state index contributed by atoms with van der Waals surface area (Å²) in [6, 6.07) is 10.3. The summed E-state index contributed by atoms with van der Waals surface area (Å²) in [7, 11) is 0. The third-order valence-corrected chi connectivity index (χ3v) is 3.83. The Morgan fingerprint density at radius 1 is 1.24 bits per heavy atom. The maximum absolute atomic E-state index is 12.2. The first-order chi connectivity index (χ1) is 10.2. The van der Waals surface area contributed by atoms with Gasteiger partial charge >= 0.3 is 6.03 Å². The molecule has 1 atom stereocenters. The predicted molar refractivity (Wildman–Crippen MR) is 83.2 cm³/mol. The van der Waals surface area contributed by atoms with Crippen LogP contribution in [0.2, 0.25) is 0 Å². The first kappa shape index (κ1) is 15.8. The van der Waals surface area contributed by atoms with Gasteiger partial charge in [0.15, 0.2) is 0 Å². The van der Waals surface area contributed by atoms with E-state index < -0.39 is 0 Å². The van der Waals surface area contributed by atoms with Crippen LogP contribution in [0.4, 0.5) is 4.79 Å². The number of aliphatic hydroxyl groups excluding tert-OH is 1. The largest absolute Gasteiger partial charge is 0.395 e. The zero-order chi connectivity index (χ0) is 15.1. The lowest BCUT2D eigenvalue weighted by molar-refractivity contribution is 0.121. The number of hydrogen-bond donors (Lipinski definition) is 2. The monoisotopic (exact) mass is 291 g/mol. The van der Waals surface area contributed by atoms with Gasteiger partial charge in [-0.05, 0) is 18.9 Å². The highest BCUT2D eigenvalue weighted by molar-refractivity contribution is 5.74. The van der Waals surface area contributed by atoms with Crippen molar-refractivity contribution in [3.63, 3.8) is 0 Å². The van der Waals surface area contributed by atoms with Crippen molar-refractivity contribution in [3.05, 3.63) is 35.9 Å². The number of carbonyl (C=O) groups excluding carboxylic acids is 1. The molecule has 2 amide bonds. The van der Waals surface area contributed by atoms with Gasteiger partial charge in [0.2, 0.25) is 0 Å². The summed E-state index contributed by atoms with van der Waals surface area (Å²) in [6.45, 7) is 6.03. The molecule has 1 aromatic rings. The Kier molecular flexibility index (Phi) is 6.02. The van der Waals surface area contributed by atoms with E-state index in [-0.39, 0.29) is 18.7 Å². The number of aliphatic hydroxyl groups is 1. The number of amides is 2. The van der Waals surface area contributed by atoms with E-state index >= 15 is 0 Å². The minimum absolute atomic E-state index is 0.0158. The Balaban J connectivity index is 1.74. The third kappa shape index (κ3) is 5.02. The fourth-order valence-corrected chi connectivity index (χ4v) is 2.64. The fourth-order valence-electron chi connectivity index (χ4n) is 2.64. The lowest BCUT2D eigenvalue weighted by Crippen LogP contribution is -2.53. The lowest BCUT2D eigenvalue weighted by atomic mass is 10.1. The summed E-state index contributed by atoms with van der Waals surface area (Å²) < 4.78 is 0. The molecule has 1 heterocycles. The van der Waals surface area contributed by atoms with Gasteiger partial charge in [-0.15, -0.1) is 0 Å². The smallest absolute Gasteiger partial charge is 0.317 e. The molecule has 1 fully saturated rings. The zero-order valence-corrected chi connectivity index (χ0v) is 12.7. The van der Waals surface area contributed by atoms with Crippen molar-refractivity contribution in [2.45, 2.75) is 19.4 Å². The summed E-state index contributed by atoms with van der Waals surface area (Å²) in [6.07, 6.45) is 0.844. The second-order valence-corrected chi connectivity index (χ2v) is 5.59. The number of rotatable bonds is 5. The Hall–Kier alpha value is -1.59. The molecule has 0 aromatic heterocycles. The van der Waals surface area contributed by atoms with Crippen molar-refractivity contribution in [1.82, 2.24) is 15.1 Å². The highest BCUT2D eigenvalue weighted by Gasteiger charge is 2.21. The minimum Gasteiger partial charge on any atom is -0.395 e. The molecule has 5 heteroatoms. The second kappa shape index (κ2) is 8.00. The van der Waals surface area contributed by atoms with Crippen molar-refractivity contribution in [2.24, 2.45) is 0 Å². The van der Waals surface area contributed by atoms with Crippen LogP contribution in [0.5, 0.6) is 0 Å². The molecule has 2 rings (SSSR count). The second-order valence-electron chi connectivity index (χ2n) is 5.59. The molecule has 1 saturated heterocycles. The molecule has 116 valence electrons. The van der Waals surface area contributed by atoms with Crippen LogP contribution < -0.4 is 5.32 Å². The van der Waals surface area contributed by atoms with Gasteiger partial charge in [-0.3, -0.25) is 4.90 Å². The predicted octanol–water partition coefficient (Wildman–Crippen LogP) is 0.937. The van der Waals surface area contributed by atoms with Crippen LogP contribution in [0.1, 0.15) is 12.5 Å². The molecule has 2 N–H and O–H groups in total. The molecule has 1 aromatic carbocycles. The molecule has 5 nitrogen and oxygen atoms in total. The highest BCUT2D eigenvalue weighted by atomic mass is 16.3. The van der Waals surface area contributed by atoms with Crippen LogP contribution in [0.25, 0.3) is 0 Å². The normalized spacial score (nSPS) is 17.5. The fraction of sp³-hybridized carbons (Fsp3) is 0.562. The van der Waals surface area contributed by atoms with Gasteiger partial charge < -0.3 is 15.3 Å². The van der Waals surface area contributed by atoms with Crippen LogP contribution in [0, 0.1) is 0 Å². The van der Waals surface area contributed by atoms with Crippen molar-refractivity contribution in [3.8, 4) is 0 Å². The van der Waals surface area contributed by atoms with Gasteiger partial charge in [0.1, 0.15) is 0 Å². The van der Waals surface area contributed by atoms with Crippen molar-refractivity contribution in [1.29, 1.82) is 0 Å². The summed E-state index contributed by atoms with van der Waals surface area (Å²) in [4.78, 5) is 16.2. The standard InChI is InChI=1S/C16H25N3O2/c1-14(13-15-5-3-2-4-6-15)17-16(21)19-9-7-18(8-10-19)11-12-20/h2-6,14,20H,7-13H2,1H3,(H,17,21)/t14-/m0/s1. The molecular weight excluding hydrogens is 266 g/mol. The third-order valence-electron chi connectivity index (χ3n) is 3.83. The Labute approximate surface area is 126 Å². The average molecular weight is 291 g/mol. The highest BCUT2D eigenvalue weighted by Crippen LogP contribution is 2.05. The van der Waals surface area contributed by atoms with Gasteiger partial charge in [0.25, 0.3) is 0 Å². The average Bonchev–Trinajstić information content (AvgIpc) is 2.49. The Morgan fingerprint density at radius 3 is 2.52 bits per heavy atom. The van der Waals surface area contributed by atoms with Crippen molar-refractivity contribution < 1.29 is 9.90 Å². The summed E-state index contributed by atoms with van der Waals surface area (Å²) in [5.41, 5.74) is 1.23. The SMILES string of the molecule is C[C@@H](Cc1ccccc1)NC(=O)N1CCN(CCO)CC1. The molecule has 0 bridgehead atoms. The molecule has 1 aliphatic heterocycles. The van der Waals surface area contributed by atoms with Crippen LogP contribution in [0.15, 0.2) is 30.3 Å². The lowest BCUT2D eigenvalue weighted by Gasteiger charge is -2.34. The van der Waals surface area contributed by atoms with Crippen LogP contribution in [-0.4, -0.2) is 66.3 Å². The van der Waals surface area contributed by atoms with Gasteiger partial charge in [-0.25, -0.2) is 4.79 Å². The molecule has 1 aliphatic rings. The molecule has 0 radical (unpaired) electrons. The van der Waals surface area contributed by atoms with Gasteiger partial charge in [-0.1, -0.05) is 30.3 Å². The molecule has 0 saturated carbocycles. The Bertz CT molecular complexity index is 430. The molecule has 0 aliphatic carbocycles. The van der Waals surface area contributed by atoms with Crippen LogP contribution in [0.3, 0.4) is 0 Å².